The lowest BCUT2D eigenvalue weighted by Crippen LogP contribution is -2.38. The highest BCUT2D eigenvalue weighted by atomic mass is 14.9. The Balaban J connectivity index is 2.27. The first-order valence-electron chi connectivity index (χ1n) is 6.31. The summed E-state index contributed by atoms with van der Waals surface area (Å²) in [5.41, 5.74) is 2.86. The molecule has 1 aromatic rings. The van der Waals surface area contributed by atoms with Crippen LogP contribution in [0.2, 0.25) is 0 Å². The molecule has 1 aliphatic heterocycles. The van der Waals surface area contributed by atoms with Crippen LogP contribution in [-0.2, 0) is 0 Å². The minimum atomic E-state index is 0.690. The predicted molar refractivity (Wildman–Crippen MR) is 67.5 cm³/mol. The third-order valence-corrected chi connectivity index (χ3v) is 3.86. The summed E-state index contributed by atoms with van der Waals surface area (Å²) in [5, 5.41) is 3.51. The first kappa shape index (κ1) is 11.6. The van der Waals surface area contributed by atoms with E-state index in [0.717, 1.165) is 24.9 Å². The molecule has 1 N–H and O–H groups in total. The van der Waals surface area contributed by atoms with Crippen molar-refractivity contribution in [3.8, 4) is 0 Å². The molecule has 2 nitrogen and oxygen atoms in total. The maximum absolute atomic E-state index is 4.29. The maximum atomic E-state index is 4.29. The summed E-state index contributed by atoms with van der Waals surface area (Å²) in [5.74, 6) is 2.17. The van der Waals surface area contributed by atoms with Gasteiger partial charge in [0.2, 0.25) is 0 Å². The molecule has 0 spiro atoms. The van der Waals surface area contributed by atoms with Gasteiger partial charge in [0, 0.05) is 12.4 Å². The molecule has 0 bridgehead atoms. The average molecular weight is 218 g/mol. The summed E-state index contributed by atoms with van der Waals surface area (Å²) in [6, 6.07) is 2.13. The molecule has 2 heteroatoms. The number of nitrogens with zero attached hydrogens (tertiary/aromatic N) is 1. The van der Waals surface area contributed by atoms with Gasteiger partial charge >= 0.3 is 0 Å². The molecule has 0 aromatic carbocycles. The molecule has 88 valence electrons. The normalized spacial score (nSPS) is 26.0. The van der Waals surface area contributed by atoms with Crippen LogP contribution in [0.1, 0.15) is 37.3 Å². The predicted octanol–water partition coefficient (Wildman–Crippen LogP) is 2.74. The van der Waals surface area contributed by atoms with E-state index in [2.05, 4.69) is 43.3 Å². The quantitative estimate of drug-likeness (QED) is 0.825. The Morgan fingerprint density at radius 1 is 1.44 bits per heavy atom. The molecule has 0 aliphatic carbocycles. The molecule has 2 unspecified atom stereocenters. The van der Waals surface area contributed by atoms with Crippen LogP contribution in [0.5, 0.6) is 0 Å². The molecule has 0 saturated carbocycles. The number of hydrogen-bond acceptors (Lipinski definition) is 2. The number of nitrogens with one attached hydrogen (secondary N) is 1. The number of aryl methyl sites for hydroxylation is 1. The van der Waals surface area contributed by atoms with Gasteiger partial charge in [-0.05, 0) is 61.4 Å². The minimum absolute atomic E-state index is 0.690. The van der Waals surface area contributed by atoms with Crippen molar-refractivity contribution in [2.24, 2.45) is 11.8 Å². The van der Waals surface area contributed by atoms with Gasteiger partial charge in [0.15, 0.2) is 0 Å². The molecule has 0 amide bonds. The lowest BCUT2D eigenvalue weighted by molar-refractivity contribution is 0.254. The van der Waals surface area contributed by atoms with Gasteiger partial charge in [0.05, 0.1) is 0 Å². The van der Waals surface area contributed by atoms with E-state index in [-0.39, 0.29) is 0 Å². The minimum Gasteiger partial charge on any atom is -0.316 e. The smallest absolute Gasteiger partial charge is 0.0305 e. The molecule has 2 atom stereocenters. The van der Waals surface area contributed by atoms with E-state index < -0.39 is 0 Å². The zero-order valence-corrected chi connectivity index (χ0v) is 10.5. The van der Waals surface area contributed by atoms with Crippen molar-refractivity contribution >= 4 is 0 Å². The summed E-state index contributed by atoms with van der Waals surface area (Å²) in [6.07, 6.45) is 5.21. The van der Waals surface area contributed by atoms with Gasteiger partial charge in [-0.25, -0.2) is 0 Å². The molecule has 1 fully saturated rings. The highest BCUT2D eigenvalue weighted by molar-refractivity contribution is 5.27. The van der Waals surface area contributed by atoms with Crippen LogP contribution in [0.4, 0.5) is 0 Å². The standard InChI is InChI=1S/C14H22N2/c1-10(2)13-8-16-7-5-12(13)14-9-15-6-4-11(14)3/h4,6,9-10,12-13,16H,5,7-8H2,1-3H3. The zero-order chi connectivity index (χ0) is 11.5. The van der Waals surface area contributed by atoms with Gasteiger partial charge < -0.3 is 5.32 Å². The van der Waals surface area contributed by atoms with Crippen molar-refractivity contribution in [3.63, 3.8) is 0 Å². The fourth-order valence-electron chi connectivity index (χ4n) is 2.83. The number of pyridine rings is 1. The van der Waals surface area contributed by atoms with Crippen molar-refractivity contribution < 1.29 is 0 Å². The Morgan fingerprint density at radius 3 is 2.94 bits per heavy atom. The summed E-state index contributed by atoms with van der Waals surface area (Å²) in [7, 11) is 0. The Kier molecular flexibility index (Phi) is 3.59. The highest BCUT2D eigenvalue weighted by Crippen LogP contribution is 2.35. The molecule has 2 heterocycles. The molecular weight excluding hydrogens is 196 g/mol. The van der Waals surface area contributed by atoms with E-state index >= 15 is 0 Å². The molecule has 16 heavy (non-hydrogen) atoms. The van der Waals surface area contributed by atoms with E-state index in [1.54, 1.807) is 0 Å². The molecular formula is C14H22N2. The van der Waals surface area contributed by atoms with Gasteiger partial charge in [0.1, 0.15) is 0 Å². The van der Waals surface area contributed by atoms with Crippen molar-refractivity contribution in [1.82, 2.24) is 10.3 Å². The average Bonchev–Trinajstić information content (AvgIpc) is 2.29. The van der Waals surface area contributed by atoms with Crippen LogP contribution < -0.4 is 5.32 Å². The van der Waals surface area contributed by atoms with Gasteiger partial charge in [-0.15, -0.1) is 0 Å². The summed E-state index contributed by atoms with van der Waals surface area (Å²) >= 11 is 0. The van der Waals surface area contributed by atoms with Crippen molar-refractivity contribution in [1.29, 1.82) is 0 Å². The Morgan fingerprint density at radius 2 is 2.25 bits per heavy atom. The molecule has 1 aliphatic rings. The van der Waals surface area contributed by atoms with E-state index in [1.165, 1.54) is 17.5 Å². The summed E-state index contributed by atoms with van der Waals surface area (Å²) in [4.78, 5) is 4.29. The van der Waals surface area contributed by atoms with Gasteiger partial charge in [0.25, 0.3) is 0 Å². The third kappa shape index (κ3) is 2.27. The second-order valence-corrected chi connectivity index (χ2v) is 5.24. The Bertz CT molecular complexity index is 346. The fraction of sp³-hybridized carbons (Fsp3) is 0.643. The second-order valence-electron chi connectivity index (χ2n) is 5.24. The Labute approximate surface area is 98.5 Å². The van der Waals surface area contributed by atoms with Gasteiger partial charge in [-0.3, -0.25) is 4.98 Å². The van der Waals surface area contributed by atoms with Crippen LogP contribution in [0.3, 0.4) is 0 Å². The molecule has 2 rings (SSSR count). The van der Waals surface area contributed by atoms with Gasteiger partial charge in [-0.1, -0.05) is 13.8 Å². The lowest BCUT2D eigenvalue weighted by atomic mass is 9.75. The van der Waals surface area contributed by atoms with Crippen molar-refractivity contribution in [2.45, 2.75) is 33.1 Å². The fourth-order valence-corrected chi connectivity index (χ4v) is 2.83. The highest BCUT2D eigenvalue weighted by Gasteiger charge is 2.29. The first-order valence-corrected chi connectivity index (χ1v) is 6.31. The van der Waals surface area contributed by atoms with Crippen LogP contribution >= 0.6 is 0 Å². The molecule has 1 saturated heterocycles. The number of rotatable bonds is 2. The third-order valence-electron chi connectivity index (χ3n) is 3.86. The van der Waals surface area contributed by atoms with E-state index in [0.29, 0.717) is 5.92 Å². The molecule has 0 radical (unpaired) electrons. The largest absolute Gasteiger partial charge is 0.316 e. The zero-order valence-electron chi connectivity index (χ0n) is 10.5. The van der Waals surface area contributed by atoms with E-state index in [9.17, 15) is 0 Å². The van der Waals surface area contributed by atoms with Crippen molar-refractivity contribution in [3.05, 3.63) is 29.6 Å². The Hall–Kier alpha value is -0.890. The second kappa shape index (κ2) is 4.96. The van der Waals surface area contributed by atoms with Crippen LogP contribution in [0.25, 0.3) is 0 Å². The number of hydrogen-bond donors (Lipinski definition) is 1. The summed E-state index contributed by atoms with van der Waals surface area (Å²) in [6.45, 7) is 9.15. The van der Waals surface area contributed by atoms with Crippen LogP contribution in [0.15, 0.2) is 18.5 Å². The number of piperidine rings is 1. The monoisotopic (exact) mass is 218 g/mol. The van der Waals surface area contributed by atoms with E-state index in [4.69, 9.17) is 0 Å². The van der Waals surface area contributed by atoms with Crippen LogP contribution in [-0.4, -0.2) is 18.1 Å². The topological polar surface area (TPSA) is 24.9 Å². The molecule has 1 aromatic heterocycles. The lowest BCUT2D eigenvalue weighted by Gasteiger charge is -2.35. The SMILES string of the molecule is Cc1ccncc1C1CCNCC1C(C)C. The number of aromatic nitrogens is 1. The maximum Gasteiger partial charge on any atom is 0.0305 e. The van der Waals surface area contributed by atoms with Crippen LogP contribution in [0, 0.1) is 18.8 Å². The van der Waals surface area contributed by atoms with Crippen molar-refractivity contribution in [2.75, 3.05) is 13.1 Å². The van der Waals surface area contributed by atoms with Gasteiger partial charge in [-0.2, -0.15) is 0 Å². The van der Waals surface area contributed by atoms with E-state index in [1.807, 2.05) is 6.20 Å². The summed E-state index contributed by atoms with van der Waals surface area (Å²) < 4.78 is 0. The first-order chi connectivity index (χ1) is 7.70.